The summed E-state index contributed by atoms with van der Waals surface area (Å²) in [7, 11) is 0. The molecule has 1 aliphatic heterocycles. The average Bonchev–Trinajstić information content (AvgIpc) is 2.99. The molecule has 0 radical (unpaired) electrons. The van der Waals surface area contributed by atoms with E-state index in [9.17, 15) is 0 Å². The number of hydrogen-bond donors (Lipinski definition) is 0. The molecule has 2 heterocycles. The Bertz CT molecular complexity index is 776. The predicted molar refractivity (Wildman–Crippen MR) is 93.9 cm³/mol. The third-order valence-corrected chi connectivity index (χ3v) is 3.70. The van der Waals surface area contributed by atoms with E-state index in [0.717, 1.165) is 17.9 Å². The molecule has 4 rings (SSSR count). The fraction of sp³-hybridized carbons (Fsp3) is 0.300. The first-order valence-corrected chi connectivity index (χ1v) is 8.22. The van der Waals surface area contributed by atoms with Crippen LogP contribution >= 0.6 is 0 Å². The molecule has 0 saturated heterocycles. The molecule has 0 aliphatic carbocycles. The van der Waals surface area contributed by atoms with Gasteiger partial charge < -0.3 is 0 Å². The molecule has 3 aromatic rings. The summed E-state index contributed by atoms with van der Waals surface area (Å²) in [5, 5.41) is 1.24. The van der Waals surface area contributed by atoms with Crippen molar-refractivity contribution in [2.75, 3.05) is 0 Å². The van der Waals surface area contributed by atoms with Gasteiger partial charge in [0.2, 0.25) is 0 Å². The lowest BCUT2D eigenvalue weighted by Gasteiger charge is -2.02. The Labute approximate surface area is 133 Å². The third-order valence-electron chi connectivity index (χ3n) is 3.70. The number of aromatic nitrogens is 2. The standard InChI is InChI=1S/C16H13N2.2C2H6/c1-11-17-15-9-5-4-8-14(15)16-13-7-3-2-6-12(13)10-18(11)16;2*1-2/h2-9H,10H2,1H3;2*1-2H3/q+1;;. The smallest absolute Gasteiger partial charge is 0.223 e. The summed E-state index contributed by atoms with van der Waals surface area (Å²) in [6, 6.07) is 17.0. The van der Waals surface area contributed by atoms with Crippen LogP contribution < -0.4 is 4.57 Å². The van der Waals surface area contributed by atoms with Gasteiger partial charge in [-0.1, -0.05) is 64.1 Å². The van der Waals surface area contributed by atoms with Crippen molar-refractivity contribution in [3.05, 3.63) is 59.9 Å². The van der Waals surface area contributed by atoms with Crippen molar-refractivity contribution in [1.29, 1.82) is 0 Å². The summed E-state index contributed by atoms with van der Waals surface area (Å²) >= 11 is 0. The Balaban J connectivity index is 0.000000410. The van der Waals surface area contributed by atoms with Crippen LogP contribution in [0.15, 0.2) is 48.5 Å². The number of para-hydroxylation sites is 1. The fourth-order valence-electron chi connectivity index (χ4n) is 2.86. The van der Waals surface area contributed by atoms with E-state index >= 15 is 0 Å². The minimum absolute atomic E-state index is 0.940. The zero-order chi connectivity index (χ0) is 16.1. The van der Waals surface area contributed by atoms with Gasteiger partial charge in [0.25, 0.3) is 5.82 Å². The Kier molecular flexibility index (Phi) is 5.26. The third kappa shape index (κ3) is 2.61. The maximum atomic E-state index is 4.69. The van der Waals surface area contributed by atoms with Gasteiger partial charge in [-0.2, -0.15) is 0 Å². The van der Waals surface area contributed by atoms with Gasteiger partial charge in [0.1, 0.15) is 12.2 Å². The normalized spacial score (nSPS) is 10.8. The number of benzene rings is 2. The van der Waals surface area contributed by atoms with Gasteiger partial charge in [-0.15, -0.1) is 0 Å². The topological polar surface area (TPSA) is 16.8 Å². The quantitative estimate of drug-likeness (QED) is 0.421. The van der Waals surface area contributed by atoms with Gasteiger partial charge in [-0.3, -0.25) is 0 Å². The Hall–Kier alpha value is -2.22. The molecule has 2 aromatic carbocycles. The highest BCUT2D eigenvalue weighted by Crippen LogP contribution is 2.31. The minimum atomic E-state index is 0.940. The first-order chi connectivity index (χ1) is 10.8. The molecule has 2 nitrogen and oxygen atoms in total. The van der Waals surface area contributed by atoms with Crippen molar-refractivity contribution in [3.8, 4) is 11.3 Å². The van der Waals surface area contributed by atoms with Crippen LogP contribution in [0.5, 0.6) is 0 Å². The van der Waals surface area contributed by atoms with Gasteiger partial charge in [-0.25, -0.2) is 4.57 Å². The summed E-state index contributed by atoms with van der Waals surface area (Å²) in [5.41, 5.74) is 5.13. The lowest BCUT2D eigenvalue weighted by atomic mass is 10.0. The molecular weight excluding hydrogens is 268 g/mol. The predicted octanol–water partition coefficient (Wildman–Crippen LogP) is 4.91. The first-order valence-electron chi connectivity index (χ1n) is 8.22. The molecule has 0 spiro atoms. The first kappa shape index (κ1) is 16.2. The van der Waals surface area contributed by atoms with Crippen molar-refractivity contribution in [1.82, 2.24) is 4.98 Å². The van der Waals surface area contributed by atoms with Gasteiger partial charge >= 0.3 is 0 Å². The number of aryl methyl sites for hydroxylation is 1. The molecule has 0 N–H and O–H groups in total. The van der Waals surface area contributed by atoms with Crippen LogP contribution in [0.1, 0.15) is 39.1 Å². The Morgan fingerprint density at radius 2 is 1.50 bits per heavy atom. The number of hydrogen-bond acceptors (Lipinski definition) is 1. The molecule has 0 atom stereocenters. The SMILES string of the molecule is CC.CC.Cc1nc2ccccc2c2[n+]1Cc1ccccc1-2. The van der Waals surface area contributed by atoms with Gasteiger partial charge in [0.15, 0.2) is 5.52 Å². The zero-order valence-corrected chi connectivity index (χ0v) is 14.2. The Morgan fingerprint density at radius 1 is 0.864 bits per heavy atom. The summed E-state index contributed by atoms with van der Waals surface area (Å²) in [6.07, 6.45) is 0. The molecular formula is C20H25N2+. The summed E-state index contributed by atoms with van der Waals surface area (Å²) in [4.78, 5) is 4.69. The van der Waals surface area contributed by atoms with Crippen LogP contribution in [0.2, 0.25) is 0 Å². The summed E-state index contributed by atoms with van der Waals surface area (Å²) in [5.74, 6) is 1.08. The van der Waals surface area contributed by atoms with Crippen molar-refractivity contribution >= 4 is 10.9 Å². The van der Waals surface area contributed by atoms with E-state index in [1.807, 2.05) is 33.8 Å². The maximum Gasteiger partial charge on any atom is 0.296 e. The van der Waals surface area contributed by atoms with E-state index in [-0.39, 0.29) is 0 Å². The second-order valence-corrected chi connectivity index (χ2v) is 4.77. The molecule has 0 saturated carbocycles. The molecule has 1 aromatic heterocycles. The van der Waals surface area contributed by atoms with Crippen molar-refractivity contribution in [2.45, 2.75) is 41.2 Å². The monoisotopic (exact) mass is 293 g/mol. The minimum Gasteiger partial charge on any atom is -0.223 e. The van der Waals surface area contributed by atoms with E-state index in [1.165, 1.54) is 22.2 Å². The van der Waals surface area contributed by atoms with Crippen molar-refractivity contribution in [2.24, 2.45) is 0 Å². The second-order valence-electron chi connectivity index (χ2n) is 4.77. The molecule has 0 bridgehead atoms. The zero-order valence-electron chi connectivity index (χ0n) is 14.2. The number of nitrogens with zero attached hydrogens (tertiary/aromatic N) is 2. The van der Waals surface area contributed by atoms with Crippen LogP contribution in [-0.4, -0.2) is 4.98 Å². The molecule has 0 unspecified atom stereocenters. The molecule has 0 fully saturated rings. The van der Waals surface area contributed by atoms with Crippen molar-refractivity contribution < 1.29 is 4.57 Å². The van der Waals surface area contributed by atoms with Gasteiger partial charge in [0, 0.05) is 18.1 Å². The highest BCUT2D eigenvalue weighted by molar-refractivity contribution is 5.92. The summed E-state index contributed by atoms with van der Waals surface area (Å²) < 4.78 is 2.31. The van der Waals surface area contributed by atoms with E-state index in [0.29, 0.717) is 0 Å². The van der Waals surface area contributed by atoms with Crippen LogP contribution in [0.3, 0.4) is 0 Å². The van der Waals surface area contributed by atoms with E-state index in [2.05, 4.69) is 54.0 Å². The van der Waals surface area contributed by atoms with Crippen LogP contribution in [0, 0.1) is 6.92 Å². The van der Waals surface area contributed by atoms with E-state index < -0.39 is 0 Å². The van der Waals surface area contributed by atoms with Gasteiger partial charge in [-0.05, 0) is 17.1 Å². The van der Waals surface area contributed by atoms with Crippen LogP contribution in [0.4, 0.5) is 0 Å². The van der Waals surface area contributed by atoms with E-state index in [1.54, 1.807) is 0 Å². The second kappa shape index (κ2) is 7.17. The molecule has 0 amide bonds. The van der Waals surface area contributed by atoms with Crippen molar-refractivity contribution in [3.63, 3.8) is 0 Å². The summed E-state index contributed by atoms with van der Waals surface area (Å²) in [6.45, 7) is 11.0. The fourth-order valence-corrected chi connectivity index (χ4v) is 2.86. The van der Waals surface area contributed by atoms with Gasteiger partial charge in [0.05, 0.1) is 5.39 Å². The van der Waals surface area contributed by atoms with E-state index in [4.69, 9.17) is 4.98 Å². The Morgan fingerprint density at radius 3 is 2.27 bits per heavy atom. The van der Waals surface area contributed by atoms with Crippen LogP contribution in [0.25, 0.3) is 22.2 Å². The van der Waals surface area contributed by atoms with Crippen LogP contribution in [-0.2, 0) is 6.54 Å². The number of fused-ring (bicyclic) bond motifs is 5. The lowest BCUT2D eigenvalue weighted by molar-refractivity contribution is -0.680. The lowest BCUT2D eigenvalue weighted by Crippen LogP contribution is -2.37. The largest absolute Gasteiger partial charge is 0.296 e. The molecule has 2 heteroatoms. The molecule has 114 valence electrons. The average molecular weight is 293 g/mol. The highest BCUT2D eigenvalue weighted by atomic mass is 15.1. The maximum absolute atomic E-state index is 4.69. The molecule has 22 heavy (non-hydrogen) atoms. The highest BCUT2D eigenvalue weighted by Gasteiger charge is 2.28. The molecule has 1 aliphatic rings. The number of rotatable bonds is 0.